The second kappa shape index (κ2) is 4.62. The van der Waals surface area contributed by atoms with Gasteiger partial charge in [0.05, 0.1) is 6.61 Å². The molecule has 1 rings (SSSR count). The molecular formula is C9H12O3. The van der Waals surface area contributed by atoms with E-state index in [0.717, 1.165) is 0 Å². The van der Waals surface area contributed by atoms with Crippen molar-refractivity contribution >= 4 is 0 Å². The summed E-state index contributed by atoms with van der Waals surface area (Å²) in [6, 6.07) is 6.59. The summed E-state index contributed by atoms with van der Waals surface area (Å²) in [5.41, 5.74) is 0. The number of ether oxygens (including phenoxy) is 1. The molecule has 66 valence electrons. The Kier molecular flexibility index (Phi) is 3.41. The van der Waals surface area contributed by atoms with Crippen molar-refractivity contribution in [2.75, 3.05) is 13.2 Å². The molecule has 0 bridgehead atoms. The fraction of sp³-hybridized carbons (Fsp3) is 0.333. The summed E-state index contributed by atoms with van der Waals surface area (Å²) in [6.07, 6.45) is 0.607. The number of hydrogen-bond acceptors (Lipinski definition) is 3. The van der Waals surface area contributed by atoms with E-state index in [9.17, 15) is 0 Å². The summed E-state index contributed by atoms with van der Waals surface area (Å²) >= 11 is 0. The van der Waals surface area contributed by atoms with Crippen LogP contribution in [0.3, 0.4) is 0 Å². The van der Waals surface area contributed by atoms with Crippen molar-refractivity contribution in [3.63, 3.8) is 0 Å². The van der Waals surface area contributed by atoms with Gasteiger partial charge in [-0.2, -0.15) is 0 Å². The first-order valence-corrected chi connectivity index (χ1v) is 3.85. The Morgan fingerprint density at radius 1 is 1.33 bits per heavy atom. The Hall–Kier alpha value is -1.22. The fourth-order valence-corrected chi connectivity index (χ4v) is 0.828. The van der Waals surface area contributed by atoms with Crippen LogP contribution in [0.1, 0.15) is 6.42 Å². The van der Waals surface area contributed by atoms with E-state index in [1.54, 1.807) is 18.2 Å². The average Bonchev–Trinajstić information content (AvgIpc) is 2.05. The Morgan fingerprint density at radius 3 is 2.83 bits per heavy atom. The minimum Gasteiger partial charge on any atom is -0.508 e. The van der Waals surface area contributed by atoms with Crippen molar-refractivity contribution in [1.82, 2.24) is 0 Å². The molecule has 0 radical (unpaired) electrons. The highest BCUT2D eigenvalue weighted by molar-refractivity contribution is 5.31. The van der Waals surface area contributed by atoms with Gasteiger partial charge in [0.1, 0.15) is 11.5 Å². The number of aromatic hydroxyl groups is 1. The molecule has 0 spiro atoms. The minimum atomic E-state index is 0.124. The van der Waals surface area contributed by atoms with Crippen LogP contribution < -0.4 is 4.74 Å². The maximum Gasteiger partial charge on any atom is 0.122 e. The van der Waals surface area contributed by atoms with Gasteiger partial charge < -0.3 is 14.9 Å². The maximum absolute atomic E-state index is 9.04. The van der Waals surface area contributed by atoms with E-state index in [2.05, 4.69) is 0 Å². The van der Waals surface area contributed by atoms with Gasteiger partial charge in [0.2, 0.25) is 0 Å². The molecule has 0 aliphatic rings. The standard InChI is InChI=1S/C9H12O3/c10-5-2-6-12-9-4-1-3-8(11)7-9/h1,3-4,7,10-11H,2,5-6H2. The predicted octanol–water partition coefficient (Wildman–Crippen LogP) is 1.15. The highest BCUT2D eigenvalue weighted by Gasteiger charge is 1.93. The lowest BCUT2D eigenvalue weighted by Crippen LogP contribution is -1.99. The average molecular weight is 168 g/mol. The molecule has 0 fully saturated rings. The summed E-state index contributed by atoms with van der Waals surface area (Å²) in [5.74, 6) is 0.819. The van der Waals surface area contributed by atoms with Gasteiger partial charge in [-0.15, -0.1) is 0 Å². The Morgan fingerprint density at radius 2 is 2.17 bits per heavy atom. The molecule has 1 aromatic carbocycles. The fourth-order valence-electron chi connectivity index (χ4n) is 0.828. The van der Waals surface area contributed by atoms with Crippen LogP contribution in [-0.2, 0) is 0 Å². The van der Waals surface area contributed by atoms with E-state index in [-0.39, 0.29) is 12.4 Å². The molecule has 3 nitrogen and oxygen atoms in total. The molecule has 0 aliphatic carbocycles. The zero-order chi connectivity index (χ0) is 8.81. The summed E-state index contributed by atoms with van der Waals surface area (Å²) < 4.78 is 5.21. The molecule has 0 unspecified atom stereocenters. The van der Waals surface area contributed by atoms with Gasteiger partial charge in [-0.25, -0.2) is 0 Å². The Balaban J connectivity index is 2.41. The third kappa shape index (κ3) is 2.80. The van der Waals surface area contributed by atoms with Gasteiger partial charge in [0, 0.05) is 19.1 Å². The van der Waals surface area contributed by atoms with Gasteiger partial charge in [0.25, 0.3) is 0 Å². The lowest BCUT2D eigenvalue weighted by Gasteiger charge is -2.04. The van der Waals surface area contributed by atoms with Crippen LogP contribution in [-0.4, -0.2) is 23.4 Å². The number of rotatable bonds is 4. The first-order chi connectivity index (χ1) is 5.83. The molecule has 0 atom stereocenters. The topological polar surface area (TPSA) is 49.7 Å². The SMILES string of the molecule is OCCCOc1cccc(O)c1. The molecule has 0 aromatic heterocycles. The summed E-state index contributed by atoms with van der Waals surface area (Å²) in [5, 5.41) is 17.5. The molecule has 0 saturated heterocycles. The Labute approximate surface area is 71.2 Å². The molecule has 0 heterocycles. The number of benzene rings is 1. The lowest BCUT2D eigenvalue weighted by atomic mass is 10.3. The quantitative estimate of drug-likeness (QED) is 0.663. The van der Waals surface area contributed by atoms with Crippen LogP contribution in [0.2, 0.25) is 0 Å². The largest absolute Gasteiger partial charge is 0.508 e. The van der Waals surface area contributed by atoms with Crippen molar-refractivity contribution < 1.29 is 14.9 Å². The maximum atomic E-state index is 9.04. The zero-order valence-corrected chi connectivity index (χ0v) is 6.73. The third-order valence-corrected chi connectivity index (χ3v) is 1.39. The molecular weight excluding hydrogens is 156 g/mol. The summed E-state index contributed by atoms with van der Waals surface area (Å²) in [6.45, 7) is 0.596. The van der Waals surface area contributed by atoms with Gasteiger partial charge in [-0.05, 0) is 12.1 Å². The zero-order valence-electron chi connectivity index (χ0n) is 6.73. The van der Waals surface area contributed by atoms with Gasteiger partial charge in [-0.3, -0.25) is 0 Å². The minimum absolute atomic E-state index is 0.124. The number of aliphatic hydroxyl groups is 1. The van der Waals surface area contributed by atoms with Crippen molar-refractivity contribution in [2.45, 2.75) is 6.42 Å². The normalized spacial score (nSPS) is 9.75. The number of phenols is 1. The highest BCUT2D eigenvalue weighted by Crippen LogP contribution is 2.17. The second-order valence-electron chi connectivity index (χ2n) is 2.42. The van der Waals surface area contributed by atoms with Crippen LogP contribution in [0.5, 0.6) is 11.5 Å². The van der Waals surface area contributed by atoms with Crippen molar-refractivity contribution in [3.05, 3.63) is 24.3 Å². The third-order valence-electron chi connectivity index (χ3n) is 1.39. The van der Waals surface area contributed by atoms with E-state index in [1.807, 2.05) is 0 Å². The molecule has 12 heavy (non-hydrogen) atoms. The van der Waals surface area contributed by atoms with E-state index >= 15 is 0 Å². The first kappa shape index (κ1) is 8.87. The van der Waals surface area contributed by atoms with E-state index < -0.39 is 0 Å². The van der Waals surface area contributed by atoms with Crippen LogP contribution in [0.4, 0.5) is 0 Å². The molecule has 0 amide bonds. The summed E-state index contributed by atoms with van der Waals surface area (Å²) in [7, 11) is 0. The van der Waals surface area contributed by atoms with Crippen molar-refractivity contribution in [3.8, 4) is 11.5 Å². The monoisotopic (exact) mass is 168 g/mol. The van der Waals surface area contributed by atoms with Gasteiger partial charge >= 0.3 is 0 Å². The van der Waals surface area contributed by atoms with Crippen molar-refractivity contribution in [2.24, 2.45) is 0 Å². The van der Waals surface area contributed by atoms with Gasteiger partial charge in [0.15, 0.2) is 0 Å². The number of hydrogen-bond donors (Lipinski definition) is 2. The van der Waals surface area contributed by atoms with Crippen molar-refractivity contribution in [1.29, 1.82) is 0 Å². The molecule has 3 heteroatoms. The molecule has 2 N–H and O–H groups in total. The van der Waals surface area contributed by atoms with E-state index in [0.29, 0.717) is 18.8 Å². The second-order valence-corrected chi connectivity index (χ2v) is 2.42. The molecule has 0 aliphatic heterocycles. The van der Waals surface area contributed by atoms with Crippen LogP contribution >= 0.6 is 0 Å². The number of aliphatic hydroxyl groups excluding tert-OH is 1. The smallest absolute Gasteiger partial charge is 0.122 e. The predicted molar refractivity (Wildman–Crippen MR) is 45.3 cm³/mol. The van der Waals surface area contributed by atoms with Crippen LogP contribution in [0, 0.1) is 0 Å². The summed E-state index contributed by atoms with van der Waals surface area (Å²) in [4.78, 5) is 0. The van der Waals surface area contributed by atoms with E-state index in [4.69, 9.17) is 14.9 Å². The molecule has 1 aromatic rings. The Bertz CT molecular complexity index is 235. The first-order valence-electron chi connectivity index (χ1n) is 3.85. The number of phenolic OH excluding ortho intramolecular Hbond substituents is 1. The molecule has 0 saturated carbocycles. The van der Waals surface area contributed by atoms with Crippen LogP contribution in [0.15, 0.2) is 24.3 Å². The van der Waals surface area contributed by atoms with Gasteiger partial charge in [-0.1, -0.05) is 6.07 Å². The lowest BCUT2D eigenvalue weighted by molar-refractivity contribution is 0.233. The van der Waals surface area contributed by atoms with Crippen LogP contribution in [0.25, 0.3) is 0 Å². The van der Waals surface area contributed by atoms with E-state index in [1.165, 1.54) is 6.07 Å². The highest BCUT2D eigenvalue weighted by atomic mass is 16.5.